The lowest BCUT2D eigenvalue weighted by Crippen LogP contribution is -2.58. The number of amides is 1. The van der Waals surface area contributed by atoms with Gasteiger partial charge in [-0.1, -0.05) is 0 Å². The van der Waals surface area contributed by atoms with Gasteiger partial charge in [0.1, 0.15) is 0 Å². The number of nitrogens with zero attached hydrogens (tertiary/aromatic N) is 3. The largest absolute Gasteiger partial charge is 0.463 e. The number of rotatable bonds is 3. The van der Waals surface area contributed by atoms with Crippen LogP contribution in [0.1, 0.15) is 0 Å². The van der Waals surface area contributed by atoms with Gasteiger partial charge >= 0.3 is 18.0 Å². The smallest absolute Gasteiger partial charge is 0.335 e. The highest BCUT2D eigenvalue weighted by Gasteiger charge is 2.64. The third-order valence-corrected chi connectivity index (χ3v) is 4.88. The third-order valence-electron chi connectivity index (χ3n) is 2.94. The molecule has 0 aliphatic carbocycles. The van der Waals surface area contributed by atoms with Gasteiger partial charge in [0.2, 0.25) is 0 Å². The third kappa shape index (κ3) is 3.43. The molecule has 1 rings (SSSR count). The maximum atomic E-state index is 12.9. The van der Waals surface area contributed by atoms with E-state index >= 15 is 0 Å². The summed E-state index contributed by atoms with van der Waals surface area (Å²) in [4.78, 5) is 11.5. The number of hydrogen-bond acceptors (Lipinski definition) is 3. The van der Waals surface area contributed by atoms with Crippen molar-refractivity contribution in [2.24, 2.45) is 0 Å². The van der Waals surface area contributed by atoms with E-state index in [0.717, 1.165) is 8.61 Å². The van der Waals surface area contributed by atoms with Gasteiger partial charge in [-0.3, -0.25) is 4.79 Å². The maximum Gasteiger partial charge on any atom is 0.463 e. The van der Waals surface area contributed by atoms with Gasteiger partial charge in [-0.15, -0.1) is 0 Å². The van der Waals surface area contributed by atoms with Gasteiger partial charge in [0.25, 0.3) is 10.2 Å². The van der Waals surface area contributed by atoms with Gasteiger partial charge in [0, 0.05) is 40.3 Å². The first-order valence-electron chi connectivity index (χ1n) is 5.73. The molecule has 1 aliphatic heterocycles. The Bertz CT molecular complexity index is 497. The number of alkyl halides is 5. The van der Waals surface area contributed by atoms with Crippen LogP contribution in [-0.4, -0.2) is 80.2 Å². The first kappa shape index (κ1) is 18.0. The Kier molecular flexibility index (Phi) is 4.85. The Hall–Kier alpha value is -1.01. The number of piperazine rings is 1. The Morgan fingerprint density at radius 2 is 1.43 bits per heavy atom. The second kappa shape index (κ2) is 5.65. The first-order chi connectivity index (χ1) is 9.31. The average molecular weight is 339 g/mol. The quantitative estimate of drug-likeness (QED) is 0.687. The summed E-state index contributed by atoms with van der Waals surface area (Å²) in [7, 11) is -1.28. The summed E-state index contributed by atoms with van der Waals surface area (Å²) < 4.78 is 87.4. The normalized spacial score (nSPS) is 19.1. The monoisotopic (exact) mass is 339 g/mol. The average Bonchev–Trinajstić information content (AvgIpc) is 2.36. The molecule has 0 spiro atoms. The van der Waals surface area contributed by atoms with E-state index in [0.29, 0.717) is 4.90 Å². The van der Waals surface area contributed by atoms with E-state index in [-0.39, 0.29) is 13.1 Å². The topological polar surface area (TPSA) is 60.9 Å². The molecule has 1 amide bonds. The van der Waals surface area contributed by atoms with Gasteiger partial charge in [-0.25, -0.2) is 0 Å². The molecule has 124 valence electrons. The second-order valence-electron chi connectivity index (χ2n) is 4.55. The predicted octanol–water partition coefficient (Wildman–Crippen LogP) is 0.135. The number of carbonyl (C=O) groups is 1. The molecule has 0 bridgehead atoms. The molecule has 0 aromatic rings. The van der Waals surface area contributed by atoms with Crippen LogP contribution >= 0.6 is 0 Å². The summed E-state index contributed by atoms with van der Waals surface area (Å²) in [6.07, 6.45) is -5.98. The van der Waals surface area contributed by atoms with Crippen molar-refractivity contribution < 1.29 is 35.2 Å². The standard InChI is InChI=1S/C9H14F5N3O3S/c1-15(2)21(19,20)17-5-3-16(4-6-17)7(18)8(10,11)9(12,13)14/h3-6H2,1-2H3. The zero-order chi connectivity index (χ0) is 16.6. The highest BCUT2D eigenvalue weighted by atomic mass is 32.2. The highest BCUT2D eigenvalue weighted by Crippen LogP contribution is 2.37. The van der Waals surface area contributed by atoms with Crippen LogP contribution in [0.5, 0.6) is 0 Å². The van der Waals surface area contributed by atoms with E-state index in [1.54, 1.807) is 0 Å². The molecule has 1 heterocycles. The lowest BCUT2D eigenvalue weighted by atomic mass is 10.2. The lowest BCUT2D eigenvalue weighted by Gasteiger charge is -2.36. The van der Waals surface area contributed by atoms with Crippen LogP contribution in [0.15, 0.2) is 0 Å². The van der Waals surface area contributed by atoms with Crippen LogP contribution in [0, 0.1) is 0 Å². The molecule has 0 saturated carbocycles. The zero-order valence-corrected chi connectivity index (χ0v) is 12.0. The number of halogens is 5. The van der Waals surface area contributed by atoms with Gasteiger partial charge in [-0.05, 0) is 0 Å². The Labute approximate surface area is 118 Å². The first-order valence-corrected chi connectivity index (χ1v) is 7.13. The second-order valence-corrected chi connectivity index (χ2v) is 6.70. The fourth-order valence-corrected chi connectivity index (χ4v) is 2.76. The molecule has 0 atom stereocenters. The molecular formula is C9H14F5N3O3S. The molecule has 1 aliphatic rings. The van der Waals surface area contributed by atoms with Crippen molar-refractivity contribution in [2.45, 2.75) is 12.1 Å². The SMILES string of the molecule is CN(C)S(=O)(=O)N1CCN(C(=O)C(F)(F)C(F)(F)F)CC1. The van der Waals surface area contributed by atoms with Gasteiger partial charge in [0.05, 0.1) is 0 Å². The lowest BCUT2D eigenvalue weighted by molar-refractivity contribution is -0.274. The van der Waals surface area contributed by atoms with Crippen molar-refractivity contribution in [1.29, 1.82) is 0 Å². The van der Waals surface area contributed by atoms with Crippen molar-refractivity contribution >= 4 is 16.1 Å². The Morgan fingerprint density at radius 1 is 1.00 bits per heavy atom. The summed E-state index contributed by atoms with van der Waals surface area (Å²) >= 11 is 0. The minimum atomic E-state index is -5.98. The van der Waals surface area contributed by atoms with Gasteiger partial charge in [0.15, 0.2) is 0 Å². The summed E-state index contributed by atoms with van der Waals surface area (Å²) in [5.41, 5.74) is 0. The molecule has 0 aromatic carbocycles. The molecule has 21 heavy (non-hydrogen) atoms. The fraction of sp³-hybridized carbons (Fsp3) is 0.889. The van der Waals surface area contributed by atoms with Crippen LogP contribution in [0.2, 0.25) is 0 Å². The van der Waals surface area contributed by atoms with E-state index < -0.39 is 41.3 Å². The van der Waals surface area contributed by atoms with Gasteiger partial charge < -0.3 is 4.90 Å². The van der Waals surface area contributed by atoms with E-state index in [1.165, 1.54) is 14.1 Å². The van der Waals surface area contributed by atoms with Crippen molar-refractivity contribution in [2.75, 3.05) is 40.3 Å². The molecule has 0 N–H and O–H groups in total. The fourth-order valence-electron chi connectivity index (χ4n) is 1.67. The molecule has 0 aromatic heterocycles. The summed E-state index contributed by atoms with van der Waals surface area (Å²) in [5, 5.41) is 0. The number of hydrogen-bond donors (Lipinski definition) is 0. The van der Waals surface area contributed by atoms with Crippen LogP contribution in [-0.2, 0) is 15.0 Å². The Balaban J connectivity index is 2.77. The van der Waals surface area contributed by atoms with Crippen molar-refractivity contribution in [3.8, 4) is 0 Å². The van der Waals surface area contributed by atoms with E-state index in [1.807, 2.05) is 0 Å². The molecule has 1 fully saturated rings. The zero-order valence-electron chi connectivity index (χ0n) is 11.2. The predicted molar refractivity (Wildman–Crippen MR) is 61.8 cm³/mol. The number of carbonyl (C=O) groups excluding carboxylic acids is 1. The van der Waals surface area contributed by atoms with E-state index in [9.17, 15) is 35.2 Å². The molecule has 1 saturated heterocycles. The van der Waals surface area contributed by atoms with E-state index in [2.05, 4.69) is 0 Å². The molecule has 6 nitrogen and oxygen atoms in total. The minimum Gasteiger partial charge on any atom is -0.335 e. The van der Waals surface area contributed by atoms with E-state index in [4.69, 9.17) is 0 Å². The van der Waals surface area contributed by atoms with Crippen molar-refractivity contribution in [3.63, 3.8) is 0 Å². The van der Waals surface area contributed by atoms with Crippen LogP contribution in [0.3, 0.4) is 0 Å². The van der Waals surface area contributed by atoms with Crippen LogP contribution in [0.4, 0.5) is 22.0 Å². The van der Waals surface area contributed by atoms with Crippen LogP contribution < -0.4 is 0 Å². The maximum absolute atomic E-state index is 12.9. The summed E-state index contributed by atoms with van der Waals surface area (Å²) in [6, 6.07) is 0. The molecule has 0 radical (unpaired) electrons. The molecule has 12 heteroatoms. The Morgan fingerprint density at radius 3 is 1.76 bits per heavy atom. The summed E-state index contributed by atoms with van der Waals surface area (Å²) in [5.74, 6) is -7.84. The van der Waals surface area contributed by atoms with Gasteiger partial charge in [-0.2, -0.15) is 39.0 Å². The highest BCUT2D eigenvalue weighted by molar-refractivity contribution is 7.86. The summed E-state index contributed by atoms with van der Waals surface area (Å²) in [6.45, 7) is -1.75. The molecule has 0 unspecified atom stereocenters. The van der Waals surface area contributed by atoms with Crippen molar-refractivity contribution in [3.05, 3.63) is 0 Å². The minimum absolute atomic E-state index is 0.315. The molecular weight excluding hydrogens is 325 g/mol. The van der Waals surface area contributed by atoms with Crippen LogP contribution in [0.25, 0.3) is 0 Å². The van der Waals surface area contributed by atoms with Crippen molar-refractivity contribution in [1.82, 2.24) is 13.5 Å².